The Bertz CT molecular complexity index is 334. The first-order valence-corrected chi connectivity index (χ1v) is 5.91. The van der Waals surface area contributed by atoms with Crippen molar-refractivity contribution < 1.29 is 10.0 Å². The van der Waals surface area contributed by atoms with Crippen LogP contribution < -0.4 is 11.1 Å². The predicted octanol–water partition coefficient (Wildman–Crippen LogP) is 1.31. The van der Waals surface area contributed by atoms with E-state index in [1.165, 1.54) is 0 Å². The molecule has 0 heterocycles. The zero-order chi connectivity index (χ0) is 13.4. The largest absolute Gasteiger partial charge is 0.409 e. The second-order valence-electron chi connectivity index (χ2n) is 6.08. The van der Waals surface area contributed by atoms with E-state index in [0.29, 0.717) is 6.42 Å². The summed E-state index contributed by atoms with van der Waals surface area (Å²) < 4.78 is 0. The van der Waals surface area contributed by atoms with Gasteiger partial charge in [-0.15, -0.1) is 0 Å². The number of rotatable bonds is 4. The van der Waals surface area contributed by atoms with Gasteiger partial charge >= 0.3 is 0 Å². The smallest absolute Gasteiger partial charge is 0.224 e. The first kappa shape index (κ1) is 13.8. The van der Waals surface area contributed by atoms with Gasteiger partial charge in [-0.3, -0.25) is 4.79 Å². The van der Waals surface area contributed by atoms with Crippen LogP contribution in [0, 0.1) is 16.7 Å². The highest BCUT2D eigenvalue weighted by atomic mass is 16.4. The summed E-state index contributed by atoms with van der Waals surface area (Å²) in [6.07, 6.45) is 0.357. The van der Waals surface area contributed by atoms with E-state index in [2.05, 4.69) is 38.2 Å². The second-order valence-corrected chi connectivity index (χ2v) is 6.08. The minimum atomic E-state index is -0.120. The van der Waals surface area contributed by atoms with Crippen molar-refractivity contribution in [3.8, 4) is 0 Å². The monoisotopic (exact) mass is 241 g/mol. The van der Waals surface area contributed by atoms with Crippen LogP contribution in [0.5, 0.6) is 0 Å². The molecule has 1 fully saturated rings. The molecular weight excluding hydrogens is 218 g/mol. The van der Waals surface area contributed by atoms with E-state index in [0.717, 1.165) is 0 Å². The van der Waals surface area contributed by atoms with E-state index >= 15 is 0 Å². The summed E-state index contributed by atoms with van der Waals surface area (Å²) in [4.78, 5) is 12.1. The van der Waals surface area contributed by atoms with Gasteiger partial charge in [0.25, 0.3) is 0 Å². The molecule has 1 aliphatic rings. The Morgan fingerprint density at radius 3 is 2.24 bits per heavy atom. The normalized spacial score (nSPS) is 24.2. The maximum atomic E-state index is 12.1. The van der Waals surface area contributed by atoms with Gasteiger partial charge in [0.1, 0.15) is 5.84 Å². The fourth-order valence-electron chi connectivity index (χ4n) is 2.58. The first-order valence-electron chi connectivity index (χ1n) is 5.91. The first-order chi connectivity index (χ1) is 7.64. The minimum Gasteiger partial charge on any atom is -0.409 e. The fourth-order valence-corrected chi connectivity index (χ4v) is 2.58. The summed E-state index contributed by atoms with van der Waals surface area (Å²) in [7, 11) is 0. The average Bonchev–Trinajstić information content (AvgIpc) is 2.56. The van der Waals surface area contributed by atoms with Crippen molar-refractivity contribution in [2.75, 3.05) is 0 Å². The molecule has 0 saturated heterocycles. The van der Waals surface area contributed by atoms with Crippen molar-refractivity contribution in [2.45, 2.75) is 47.1 Å². The van der Waals surface area contributed by atoms with Crippen LogP contribution in [0.25, 0.3) is 0 Å². The molecule has 1 aliphatic carbocycles. The molecule has 0 aromatic heterocycles. The molecule has 1 atom stereocenters. The molecule has 98 valence electrons. The molecule has 1 rings (SSSR count). The second kappa shape index (κ2) is 4.20. The van der Waals surface area contributed by atoms with Crippen molar-refractivity contribution in [2.24, 2.45) is 27.6 Å². The zero-order valence-corrected chi connectivity index (χ0v) is 11.2. The van der Waals surface area contributed by atoms with E-state index in [1.807, 2.05) is 6.92 Å². The number of oxime groups is 1. The van der Waals surface area contributed by atoms with E-state index in [4.69, 9.17) is 10.9 Å². The Balaban J connectivity index is 2.53. The van der Waals surface area contributed by atoms with Crippen molar-refractivity contribution in [3.63, 3.8) is 0 Å². The maximum Gasteiger partial charge on any atom is 0.224 e. The fraction of sp³-hybridized carbons (Fsp3) is 0.833. The molecule has 5 heteroatoms. The van der Waals surface area contributed by atoms with E-state index in [-0.39, 0.29) is 34.5 Å². The number of amidine groups is 1. The van der Waals surface area contributed by atoms with Crippen molar-refractivity contribution in [1.82, 2.24) is 5.32 Å². The third-order valence-corrected chi connectivity index (χ3v) is 4.32. The van der Waals surface area contributed by atoms with Gasteiger partial charge in [0.05, 0.1) is 0 Å². The molecular formula is C12H23N3O2. The lowest BCUT2D eigenvalue weighted by Gasteiger charge is -2.13. The van der Waals surface area contributed by atoms with Crippen LogP contribution in [-0.2, 0) is 4.79 Å². The van der Waals surface area contributed by atoms with Crippen LogP contribution in [0.1, 0.15) is 41.0 Å². The highest BCUT2D eigenvalue weighted by Gasteiger charge is 2.68. The highest BCUT2D eigenvalue weighted by Crippen LogP contribution is 2.68. The number of nitrogens with one attached hydrogen (secondary N) is 1. The molecule has 4 N–H and O–H groups in total. The Morgan fingerprint density at radius 2 is 1.88 bits per heavy atom. The van der Waals surface area contributed by atoms with Gasteiger partial charge in [-0.25, -0.2) is 0 Å². The van der Waals surface area contributed by atoms with Gasteiger partial charge in [-0.05, 0) is 17.8 Å². The van der Waals surface area contributed by atoms with Crippen LogP contribution in [0.2, 0.25) is 0 Å². The van der Waals surface area contributed by atoms with Gasteiger partial charge in [0.2, 0.25) is 5.91 Å². The molecule has 0 radical (unpaired) electrons. The summed E-state index contributed by atoms with van der Waals surface area (Å²) in [6.45, 7) is 10.3. The van der Waals surface area contributed by atoms with Crippen LogP contribution >= 0.6 is 0 Å². The average molecular weight is 241 g/mol. The van der Waals surface area contributed by atoms with Crippen LogP contribution in [-0.4, -0.2) is 23.0 Å². The highest BCUT2D eigenvalue weighted by molar-refractivity contribution is 5.85. The van der Waals surface area contributed by atoms with Gasteiger partial charge in [-0.1, -0.05) is 32.9 Å². The van der Waals surface area contributed by atoms with Gasteiger partial charge in [0.15, 0.2) is 0 Å². The molecule has 1 unspecified atom stereocenters. The number of nitrogens with two attached hydrogens (primary N) is 1. The molecule has 0 aromatic rings. The lowest BCUT2D eigenvalue weighted by atomic mass is 10.0. The van der Waals surface area contributed by atoms with Crippen molar-refractivity contribution in [1.29, 1.82) is 0 Å². The van der Waals surface area contributed by atoms with Crippen LogP contribution in [0.4, 0.5) is 0 Å². The quantitative estimate of drug-likeness (QED) is 0.300. The number of hydrogen-bond donors (Lipinski definition) is 3. The molecule has 0 aliphatic heterocycles. The number of nitrogens with zero attached hydrogens (tertiary/aromatic N) is 1. The van der Waals surface area contributed by atoms with E-state index < -0.39 is 0 Å². The molecule has 5 nitrogen and oxygen atoms in total. The minimum absolute atomic E-state index is 0.0322. The lowest BCUT2D eigenvalue weighted by molar-refractivity contribution is -0.124. The molecule has 0 bridgehead atoms. The Kier molecular flexibility index (Phi) is 3.41. The molecule has 1 amide bonds. The SMILES string of the molecule is CC(CC(N)=NO)NC(=O)C1C(C)(C)C1(C)C. The van der Waals surface area contributed by atoms with Crippen molar-refractivity contribution in [3.05, 3.63) is 0 Å². The van der Waals surface area contributed by atoms with Crippen LogP contribution in [0.15, 0.2) is 5.16 Å². The molecule has 17 heavy (non-hydrogen) atoms. The molecule has 0 aromatic carbocycles. The van der Waals surface area contributed by atoms with E-state index in [9.17, 15) is 4.79 Å². The molecule has 0 spiro atoms. The van der Waals surface area contributed by atoms with Gasteiger partial charge in [-0.2, -0.15) is 0 Å². The van der Waals surface area contributed by atoms with Crippen LogP contribution in [0.3, 0.4) is 0 Å². The lowest BCUT2D eigenvalue weighted by Crippen LogP contribution is -2.37. The standard InChI is InChI=1S/C12H23N3O2/c1-7(6-8(13)15-17)14-10(16)9-11(2,3)12(9,4)5/h7,9,17H,6H2,1-5H3,(H2,13,15)(H,14,16). The number of carbonyl (C=O) groups is 1. The third-order valence-electron chi connectivity index (χ3n) is 4.32. The number of hydrogen-bond acceptors (Lipinski definition) is 3. The Morgan fingerprint density at radius 1 is 1.41 bits per heavy atom. The summed E-state index contributed by atoms with van der Waals surface area (Å²) >= 11 is 0. The van der Waals surface area contributed by atoms with Gasteiger partial charge < -0.3 is 16.3 Å². The zero-order valence-electron chi connectivity index (χ0n) is 11.2. The summed E-state index contributed by atoms with van der Waals surface area (Å²) in [5.74, 6) is 0.218. The molecule has 1 saturated carbocycles. The summed E-state index contributed by atoms with van der Waals surface area (Å²) in [5.41, 5.74) is 5.47. The van der Waals surface area contributed by atoms with Gasteiger partial charge in [0, 0.05) is 18.4 Å². The summed E-state index contributed by atoms with van der Waals surface area (Å²) in [6, 6.07) is -0.120. The Labute approximate surface area is 102 Å². The number of carbonyl (C=O) groups excluding carboxylic acids is 1. The van der Waals surface area contributed by atoms with Crippen molar-refractivity contribution >= 4 is 11.7 Å². The number of amides is 1. The summed E-state index contributed by atoms with van der Waals surface area (Å²) in [5, 5.41) is 14.3. The Hall–Kier alpha value is -1.26. The maximum absolute atomic E-state index is 12.1. The van der Waals surface area contributed by atoms with E-state index in [1.54, 1.807) is 0 Å². The topological polar surface area (TPSA) is 87.7 Å². The predicted molar refractivity (Wildman–Crippen MR) is 66.7 cm³/mol. The third kappa shape index (κ3) is 2.37.